The van der Waals surface area contributed by atoms with Gasteiger partial charge in [0.05, 0.1) is 12.2 Å². The van der Waals surface area contributed by atoms with E-state index in [0.29, 0.717) is 6.29 Å². The number of unbranched alkanes of at least 4 members (excludes halogenated alkanes) is 1. The second-order valence-electron chi connectivity index (χ2n) is 4.87. The Morgan fingerprint density at radius 3 is 2.55 bits per heavy atom. The molecule has 1 heterocycles. The van der Waals surface area contributed by atoms with Gasteiger partial charge in [-0.1, -0.05) is 43.7 Å². The topological polar surface area (TPSA) is 44.1 Å². The molecule has 1 atom stereocenters. The van der Waals surface area contributed by atoms with Crippen molar-refractivity contribution in [3.05, 3.63) is 53.9 Å². The third-order valence-electron chi connectivity index (χ3n) is 3.27. The summed E-state index contributed by atoms with van der Waals surface area (Å²) in [6.45, 7) is 4.89. The lowest BCUT2D eigenvalue weighted by Gasteiger charge is -2.15. The van der Waals surface area contributed by atoms with Crippen LogP contribution in [0, 0.1) is 6.08 Å². The molecule has 2 aromatic rings. The molecule has 0 spiro atoms. The minimum absolute atomic E-state index is 0.244. The average Bonchev–Trinajstić information content (AvgIpc) is 2.94. The van der Waals surface area contributed by atoms with Gasteiger partial charge >= 0.3 is 0 Å². The van der Waals surface area contributed by atoms with Gasteiger partial charge in [-0.15, -0.1) is 0 Å². The number of hydrogen-bond donors (Lipinski definition) is 0. The fourth-order valence-electron chi connectivity index (χ4n) is 1.99. The molecule has 0 N–H and O–H groups in total. The van der Waals surface area contributed by atoms with Gasteiger partial charge in [-0.3, -0.25) is 9.36 Å². The van der Waals surface area contributed by atoms with E-state index < -0.39 is 6.08 Å². The smallest absolute Gasteiger partial charge is 0.290 e. The number of ether oxygens (including phenoxy) is 1. The Labute approximate surface area is 130 Å². The molecule has 0 aliphatic heterocycles. The molecule has 22 heavy (non-hydrogen) atoms. The summed E-state index contributed by atoms with van der Waals surface area (Å²) in [4.78, 5) is 14.2. The Morgan fingerprint density at radius 1 is 1.36 bits per heavy atom. The van der Waals surface area contributed by atoms with Crippen LogP contribution in [0.1, 0.15) is 48.8 Å². The van der Waals surface area contributed by atoms with Crippen molar-refractivity contribution in [3.8, 4) is 0 Å². The molecule has 120 valence electrons. The van der Waals surface area contributed by atoms with E-state index in [1.165, 1.54) is 23.6 Å². The maximum absolute atomic E-state index is 13.4. The number of halogens is 1. The number of imidazole rings is 1. The lowest BCUT2D eigenvalue weighted by molar-refractivity contribution is 0.111. The summed E-state index contributed by atoms with van der Waals surface area (Å²) in [5, 5.41) is 0. The second-order valence-corrected chi connectivity index (χ2v) is 4.87. The van der Waals surface area contributed by atoms with E-state index >= 15 is 0 Å². The number of carbonyl (C=O) groups excluding carboxylic acids is 1. The van der Waals surface area contributed by atoms with Gasteiger partial charge in [0.15, 0.2) is 6.29 Å². The van der Waals surface area contributed by atoms with Crippen LogP contribution in [0.4, 0.5) is 4.39 Å². The average molecular weight is 306 g/mol. The minimum Gasteiger partial charge on any atom is -0.385 e. The maximum atomic E-state index is 13.4. The summed E-state index contributed by atoms with van der Waals surface area (Å²) >= 11 is 0. The van der Waals surface area contributed by atoms with Crippen molar-refractivity contribution in [2.75, 3.05) is 13.7 Å². The first kappa shape index (κ1) is 18.0. The number of benzene rings is 1. The van der Waals surface area contributed by atoms with Gasteiger partial charge in [0.1, 0.15) is 5.69 Å². The molecule has 5 heteroatoms. The summed E-state index contributed by atoms with van der Waals surface area (Å²) in [6.07, 6.45) is 3.63. The number of methoxy groups -OCH3 is 1. The largest absolute Gasteiger partial charge is 0.385 e. The summed E-state index contributed by atoms with van der Waals surface area (Å²) in [5.74, 6) is 0. The molecule has 0 radical (unpaired) electrons. The highest BCUT2D eigenvalue weighted by molar-refractivity contribution is 5.71. The first-order valence-corrected chi connectivity index (χ1v) is 7.37. The van der Waals surface area contributed by atoms with E-state index in [1.54, 1.807) is 7.11 Å². The monoisotopic (exact) mass is 306 g/mol. The molecule has 0 amide bonds. The van der Waals surface area contributed by atoms with Crippen LogP contribution in [0.5, 0.6) is 0 Å². The van der Waals surface area contributed by atoms with Gasteiger partial charge < -0.3 is 4.74 Å². The molecule has 0 saturated carbocycles. The predicted molar refractivity (Wildman–Crippen MR) is 84.6 cm³/mol. The van der Waals surface area contributed by atoms with Crippen molar-refractivity contribution in [1.82, 2.24) is 9.55 Å². The van der Waals surface area contributed by atoms with Crippen molar-refractivity contribution in [1.29, 1.82) is 0 Å². The van der Waals surface area contributed by atoms with Crippen LogP contribution in [0.15, 0.2) is 36.5 Å². The van der Waals surface area contributed by atoms with E-state index in [9.17, 15) is 9.18 Å². The highest BCUT2D eigenvalue weighted by Gasteiger charge is 2.16. The number of nitrogens with zero attached hydrogens (tertiary/aromatic N) is 2. The van der Waals surface area contributed by atoms with Crippen molar-refractivity contribution in [2.24, 2.45) is 0 Å². The maximum Gasteiger partial charge on any atom is 0.290 e. The van der Waals surface area contributed by atoms with Crippen LogP contribution < -0.4 is 0 Å². The van der Waals surface area contributed by atoms with Gasteiger partial charge in [0.25, 0.3) is 6.08 Å². The first-order chi connectivity index (χ1) is 10.7. The van der Waals surface area contributed by atoms with Crippen LogP contribution in [0.3, 0.4) is 0 Å². The van der Waals surface area contributed by atoms with E-state index in [1.807, 2.05) is 37.3 Å². The normalized spacial score (nSPS) is 11.5. The molecule has 2 rings (SSSR count). The summed E-state index contributed by atoms with van der Waals surface area (Å²) < 4.78 is 19.5. The Kier molecular flexibility index (Phi) is 8.07. The fraction of sp³-hybridized carbons (Fsp3) is 0.412. The third kappa shape index (κ3) is 5.07. The Hall–Kier alpha value is -2.01. The zero-order valence-corrected chi connectivity index (χ0v) is 13.3. The first-order valence-electron chi connectivity index (χ1n) is 7.37. The predicted octanol–water partition coefficient (Wildman–Crippen LogP) is 3.88. The fourth-order valence-corrected chi connectivity index (χ4v) is 1.99. The SMILES string of the molecule is CCCCOC.C[C@H](c1ccccc1)n1c(C=O)cnc1F. The molecule has 0 aliphatic rings. The molecule has 0 unspecified atom stereocenters. The van der Waals surface area contributed by atoms with Crippen molar-refractivity contribution in [2.45, 2.75) is 32.7 Å². The number of rotatable bonds is 6. The molecule has 0 aliphatic carbocycles. The van der Waals surface area contributed by atoms with Crippen LogP contribution >= 0.6 is 0 Å². The summed E-state index contributed by atoms with van der Waals surface area (Å²) in [6, 6.07) is 9.17. The van der Waals surface area contributed by atoms with E-state index in [4.69, 9.17) is 4.74 Å². The molecule has 1 aromatic heterocycles. The number of carbonyl (C=O) groups is 1. The molecular formula is C17H23FN2O2. The van der Waals surface area contributed by atoms with E-state index in [-0.39, 0.29) is 11.7 Å². The zero-order valence-electron chi connectivity index (χ0n) is 13.3. The highest BCUT2D eigenvalue weighted by atomic mass is 19.1. The van der Waals surface area contributed by atoms with Crippen LogP contribution in [-0.4, -0.2) is 29.6 Å². The second kappa shape index (κ2) is 9.84. The lowest BCUT2D eigenvalue weighted by Crippen LogP contribution is -2.12. The van der Waals surface area contributed by atoms with Crippen molar-refractivity contribution >= 4 is 6.29 Å². The molecule has 1 aromatic carbocycles. The minimum atomic E-state index is -0.640. The van der Waals surface area contributed by atoms with Gasteiger partial charge in [-0.2, -0.15) is 4.39 Å². The molecule has 0 saturated heterocycles. The van der Waals surface area contributed by atoms with Crippen molar-refractivity contribution in [3.63, 3.8) is 0 Å². The zero-order chi connectivity index (χ0) is 16.4. The number of hydrogen-bond acceptors (Lipinski definition) is 3. The number of aromatic nitrogens is 2. The lowest BCUT2D eigenvalue weighted by atomic mass is 10.1. The molecule has 4 nitrogen and oxygen atoms in total. The van der Waals surface area contributed by atoms with Gasteiger partial charge in [0, 0.05) is 13.7 Å². The van der Waals surface area contributed by atoms with E-state index in [2.05, 4.69) is 11.9 Å². The summed E-state index contributed by atoms with van der Waals surface area (Å²) in [7, 11) is 1.73. The van der Waals surface area contributed by atoms with Crippen LogP contribution in [0.2, 0.25) is 0 Å². The summed E-state index contributed by atoms with van der Waals surface area (Å²) in [5.41, 5.74) is 1.18. The standard InChI is InChI=1S/C12H11FN2O.C5H12O/c1-9(10-5-3-2-4-6-10)15-11(8-16)7-14-12(15)13;1-3-4-5-6-2/h2-9H,1H3;3-5H2,1-2H3/t9-;/m1./s1. The van der Waals surface area contributed by atoms with Gasteiger partial charge in [0.2, 0.25) is 0 Å². The van der Waals surface area contributed by atoms with E-state index in [0.717, 1.165) is 12.2 Å². The molecule has 0 bridgehead atoms. The Balaban J connectivity index is 0.000000346. The molecule has 0 fully saturated rings. The Morgan fingerprint density at radius 2 is 2.05 bits per heavy atom. The van der Waals surface area contributed by atoms with Crippen LogP contribution in [-0.2, 0) is 4.74 Å². The van der Waals surface area contributed by atoms with Crippen LogP contribution in [0.25, 0.3) is 0 Å². The quantitative estimate of drug-likeness (QED) is 0.601. The van der Waals surface area contributed by atoms with Crippen molar-refractivity contribution < 1.29 is 13.9 Å². The number of aldehydes is 1. The third-order valence-corrected chi connectivity index (χ3v) is 3.27. The molecular weight excluding hydrogens is 283 g/mol. The highest BCUT2D eigenvalue weighted by Crippen LogP contribution is 2.20. The van der Waals surface area contributed by atoms with Gasteiger partial charge in [-0.25, -0.2) is 4.98 Å². The van der Waals surface area contributed by atoms with Gasteiger partial charge in [-0.05, 0) is 18.9 Å². The Bertz CT molecular complexity index is 551.